The lowest BCUT2D eigenvalue weighted by Crippen LogP contribution is -2.38. The van der Waals surface area contributed by atoms with Crippen molar-refractivity contribution in [3.05, 3.63) is 45.9 Å². The molecule has 28 heavy (non-hydrogen) atoms. The van der Waals surface area contributed by atoms with E-state index in [1.807, 2.05) is 0 Å². The van der Waals surface area contributed by atoms with Crippen molar-refractivity contribution in [2.24, 2.45) is 0 Å². The number of esters is 1. The van der Waals surface area contributed by atoms with Crippen LogP contribution in [-0.4, -0.2) is 30.9 Å². The highest BCUT2D eigenvalue weighted by atomic mass is 19.4. The van der Waals surface area contributed by atoms with Gasteiger partial charge in [0.2, 0.25) is 0 Å². The molecule has 1 aliphatic heterocycles. The van der Waals surface area contributed by atoms with Crippen molar-refractivity contribution >= 4 is 5.97 Å². The normalized spacial score (nSPS) is 17.3. The molecule has 0 radical (unpaired) electrons. The predicted octanol–water partition coefficient (Wildman–Crippen LogP) is 2.73. The Labute approximate surface area is 159 Å². The topological polar surface area (TPSA) is 79.0 Å². The van der Waals surface area contributed by atoms with Crippen LogP contribution in [0.1, 0.15) is 56.9 Å². The minimum absolute atomic E-state index is 0.0567. The predicted molar refractivity (Wildman–Crippen MR) is 92.6 cm³/mol. The zero-order valence-corrected chi connectivity index (χ0v) is 15.8. The first-order valence-electron chi connectivity index (χ1n) is 8.90. The van der Waals surface area contributed by atoms with Crippen molar-refractivity contribution in [1.29, 1.82) is 0 Å². The fourth-order valence-electron chi connectivity index (χ4n) is 3.11. The van der Waals surface area contributed by atoms with Crippen LogP contribution in [0, 0.1) is 0 Å². The second-order valence-electron chi connectivity index (χ2n) is 7.68. The molecule has 0 saturated heterocycles. The molecule has 2 aromatic rings. The summed E-state index contributed by atoms with van der Waals surface area (Å²) in [7, 11) is 0. The summed E-state index contributed by atoms with van der Waals surface area (Å²) in [6, 6.07) is 2.70. The third kappa shape index (κ3) is 4.26. The molecule has 1 aliphatic rings. The molecule has 0 N–H and O–H groups in total. The number of aromatic nitrogens is 4. The average Bonchev–Trinajstić information content (AvgIpc) is 2.89. The van der Waals surface area contributed by atoms with E-state index >= 15 is 0 Å². The highest BCUT2D eigenvalue weighted by Gasteiger charge is 2.34. The van der Waals surface area contributed by atoms with Crippen LogP contribution in [0.4, 0.5) is 13.2 Å². The van der Waals surface area contributed by atoms with E-state index in [-0.39, 0.29) is 12.2 Å². The van der Waals surface area contributed by atoms with E-state index in [9.17, 15) is 22.8 Å². The number of carbonyl (C=O) groups excluding carboxylic acids is 1. The molecule has 3 rings (SSSR count). The van der Waals surface area contributed by atoms with Crippen molar-refractivity contribution in [3.8, 4) is 0 Å². The zero-order valence-electron chi connectivity index (χ0n) is 15.8. The monoisotopic (exact) mass is 398 g/mol. The van der Waals surface area contributed by atoms with E-state index < -0.39 is 35.2 Å². The Balaban J connectivity index is 1.91. The number of pyridine rings is 1. The van der Waals surface area contributed by atoms with Gasteiger partial charge in [-0.25, -0.2) is 19.3 Å². The molecule has 1 atom stereocenters. The second-order valence-corrected chi connectivity index (χ2v) is 7.68. The number of halogens is 3. The van der Waals surface area contributed by atoms with Gasteiger partial charge in [0.25, 0.3) is 0 Å². The van der Waals surface area contributed by atoms with E-state index in [0.717, 1.165) is 10.7 Å². The van der Waals surface area contributed by atoms with Crippen molar-refractivity contribution in [3.63, 3.8) is 0 Å². The van der Waals surface area contributed by atoms with Crippen LogP contribution in [-0.2, 0) is 28.7 Å². The van der Waals surface area contributed by atoms with Gasteiger partial charge in [0.1, 0.15) is 23.2 Å². The lowest BCUT2D eigenvalue weighted by Gasteiger charge is -2.26. The van der Waals surface area contributed by atoms with E-state index in [1.165, 1.54) is 16.7 Å². The first-order valence-corrected chi connectivity index (χ1v) is 8.90. The largest absolute Gasteiger partial charge is 0.458 e. The number of rotatable bonds is 3. The molecular formula is C18H21F3N4O3. The minimum atomic E-state index is -4.57. The summed E-state index contributed by atoms with van der Waals surface area (Å²) in [4.78, 5) is 28.8. The number of hydrogen-bond donors (Lipinski definition) is 0. The lowest BCUT2D eigenvalue weighted by atomic mass is 10.0. The number of fused-ring (bicyclic) bond motifs is 1. The number of carbonyl (C=O) groups is 1. The Morgan fingerprint density at radius 2 is 2.00 bits per heavy atom. The standard InChI is InChI=1S/C18H21F3N4O3/c1-17(2,3)28-15(26)12-7-5-9-14-23-24(16(27)25(12)14)10-11-6-4-8-13(22-11)18(19,20)21/h4,6,8,12H,5,7,9-10H2,1-3H3/t12-/m0/s1. The maximum absolute atomic E-state index is 12.8. The van der Waals surface area contributed by atoms with Gasteiger partial charge in [-0.1, -0.05) is 6.07 Å². The molecule has 0 bridgehead atoms. The smallest absolute Gasteiger partial charge is 0.433 e. The van der Waals surface area contributed by atoms with E-state index in [1.54, 1.807) is 20.8 Å². The van der Waals surface area contributed by atoms with Crippen LogP contribution in [0.15, 0.2) is 23.0 Å². The van der Waals surface area contributed by atoms with E-state index in [4.69, 9.17) is 4.74 Å². The van der Waals surface area contributed by atoms with Crippen LogP contribution in [0.25, 0.3) is 0 Å². The Kier molecular flexibility index (Phi) is 5.07. The highest BCUT2D eigenvalue weighted by molar-refractivity contribution is 5.74. The third-order valence-corrected chi connectivity index (χ3v) is 4.22. The Morgan fingerprint density at radius 1 is 1.29 bits per heavy atom. The minimum Gasteiger partial charge on any atom is -0.458 e. The second kappa shape index (κ2) is 7.06. The van der Waals surface area contributed by atoms with Crippen molar-refractivity contribution < 1.29 is 22.7 Å². The summed E-state index contributed by atoms with van der Waals surface area (Å²) in [5.41, 5.74) is -2.24. The molecule has 3 heterocycles. The van der Waals surface area contributed by atoms with Crippen molar-refractivity contribution in [2.45, 2.75) is 64.4 Å². The molecule has 10 heteroatoms. The lowest BCUT2D eigenvalue weighted by molar-refractivity contribution is -0.159. The number of ether oxygens (including phenoxy) is 1. The number of aryl methyl sites for hydroxylation is 1. The first kappa shape index (κ1) is 20.1. The maximum Gasteiger partial charge on any atom is 0.433 e. The Hall–Kier alpha value is -2.65. The van der Waals surface area contributed by atoms with Crippen LogP contribution in [0.5, 0.6) is 0 Å². The molecule has 0 fully saturated rings. The third-order valence-electron chi connectivity index (χ3n) is 4.22. The van der Waals surface area contributed by atoms with Gasteiger partial charge >= 0.3 is 17.8 Å². The molecule has 7 nitrogen and oxygen atoms in total. The van der Waals surface area contributed by atoms with Crippen LogP contribution >= 0.6 is 0 Å². The summed E-state index contributed by atoms with van der Waals surface area (Å²) in [6.07, 6.45) is -2.98. The van der Waals surface area contributed by atoms with Crippen LogP contribution in [0.3, 0.4) is 0 Å². The fraction of sp³-hybridized carbons (Fsp3) is 0.556. The number of alkyl halides is 3. The van der Waals surface area contributed by atoms with Gasteiger partial charge in [-0.15, -0.1) is 0 Å². The molecule has 0 saturated carbocycles. The molecule has 0 aliphatic carbocycles. The summed E-state index contributed by atoms with van der Waals surface area (Å²) in [5, 5.41) is 4.20. The Bertz CT molecular complexity index is 941. The van der Waals surface area contributed by atoms with Gasteiger partial charge in [-0.3, -0.25) is 4.57 Å². The zero-order chi connectivity index (χ0) is 20.7. The summed E-state index contributed by atoms with van der Waals surface area (Å²) >= 11 is 0. The molecule has 0 spiro atoms. The van der Waals surface area contributed by atoms with Gasteiger partial charge in [-0.05, 0) is 45.7 Å². The average molecular weight is 398 g/mol. The van der Waals surface area contributed by atoms with Gasteiger partial charge in [0.05, 0.1) is 12.2 Å². The SMILES string of the molecule is CC(C)(C)OC(=O)[C@@H]1CCCc2nn(Cc3cccc(C(F)(F)F)n3)c(=O)n21. The van der Waals surface area contributed by atoms with Crippen molar-refractivity contribution in [2.75, 3.05) is 0 Å². The maximum atomic E-state index is 12.8. The van der Waals surface area contributed by atoms with Crippen molar-refractivity contribution in [1.82, 2.24) is 19.3 Å². The molecular weight excluding hydrogens is 377 g/mol. The van der Waals surface area contributed by atoms with Gasteiger partial charge in [-0.2, -0.15) is 18.3 Å². The molecule has 0 amide bonds. The summed E-state index contributed by atoms with van der Waals surface area (Å²) in [6.45, 7) is 4.99. The highest BCUT2D eigenvalue weighted by Crippen LogP contribution is 2.28. The van der Waals surface area contributed by atoms with Gasteiger partial charge in [0.15, 0.2) is 0 Å². The quantitative estimate of drug-likeness (QED) is 0.743. The first-order chi connectivity index (χ1) is 13.0. The van der Waals surface area contributed by atoms with E-state index in [2.05, 4.69) is 10.1 Å². The van der Waals surface area contributed by atoms with Crippen LogP contribution in [0.2, 0.25) is 0 Å². The Morgan fingerprint density at radius 3 is 2.64 bits per heavy atom. The van der Waals surface area contributed by atoms with Gasteiger partial charge < -0.3 is 4.74 Å². The van der Waals surface area contributed by atoms with Crippen LogP contribution < -0.4 is 5.69 Å². The number of hydrogen-bond acceptors (Lipinski definition) is 5. The summed E-state index contributed by atoms with van der Waals surface area (Å²) in [5.74, 6) is -0.105. The molecule has 0 aromatic carbocycles. The summed E-state index contributed by atoms with van der Waals surface area (Å²) < 4.78 is 46.3. The number of nitrogens with zero attached hydrogens (tertiary/aromatic N) is 4. The molecule has 0 unspecified atom stereocenters. The van der Waals surface area contributed by atoms with Gasteiger partial charge in [0, 0.05) is 6.42 Å². The fourth-order valence-corrected chi connectivity index (χ4v) is 3.11. The van der Waals surface area contributed by atoms with E-state index in [0.29, 0.717) is 25.1 Å². The molecule has 2 aromatic heterocycles. The molecule has 152 valence electrons.